The van der Waals surface area contributed by atoms with Crippen molar-refractivity contribution in [2.75, 3.05) is 0 Å². The fourth-order valence-electron chi connectivity index (χ4n) is 1.77. The maximum Gasteiger partial charge on any atom is 0.261 e. The van der Waals surface area contributed by atoms with Crippen LogP contribution in [0.15, 0.2) is 41.6 Å². The largest absolute Gasteiger partial charge is 0.261 e. The number of halogens is 3. The molecule has 0 bridgehead atoms. The summed E-state index contributed by atoms with van der Waals surface area (Å²) in [4.78, 5) is 3.55. The maximum absolute atomic E-state index is 13.5. The molecule has 0 aliphatic carbocycles. The number of nitrogens with zero attached hydrogens (tertiary/aromatic N) is 1. The number of pyridine rings is 1. The number of rotatable bonds is 4. The second-order valence-electron chi connectivity index (χ2n) is 4.30. The Morgan fingerprint density at radius 3 is 2.62 bits per heavy atom. The summed E-state index contributed by atoms with van der Waals surface area (Å²) in [6.45, 7) is 1.59. The lowest BCUT2D eigenvalue weighted by Crippen LogP contribution is -2.28. The number of hydrogen-bond donors (Lipinski definition) is 1. The Morgan fingerprint density at radius 2 is 2.00 bits per heavy atom. The lowest BCUT2D eigenvalue weighted by atomic mass is 10.1. The van der Waals surface area contributed by atoms with Crippen LogP contribution in [0.3, 0.4) is 0 Å². The Kier molecular flexibility index (Phi) is 4.83. The first-order chi connectivity index (χ1) is 9.81. The molecule has 1 atom stereocenters. The molecule has 21 heavy (non-hydrogen) atoms. The van der Waals surface area contributed by atoms with Crippen LogP contribution in [0.1, 0.15) is 18.5 Å². The van der Waals surface area contributed by atoms with Crippen molar-refractivity contribution < 1.29 is 12.8 Å². The number of benzene rings is 1. The van der Waals surface area contributed by atoms with Crippen molar-refractivity contribution in [1.29, 1.82) is 0 Å². The fourth-order valence-corrected chi connectivity index (χ4v) is 3.57. The molecule has 2 aromatic rings. The van der Waals surface area contributed by atoms with E-state index >= 15 is 0 Å². The van der Waals surface area contributed by atoms with Crippen molar-refractivity contribution in [3.05, 3.63) is 58.0 Å². The molecule has 0 radical (unpaired) electrons. The van der Waals surface area contributed by atoms with Crippen LogP contribution < -0.4 is 4.72 Å². The molecule has 1 aromatic heterocycles. The van der Waals surface area contributed by atoms with Crippen LogP contribution in [-0.4, -0.2) is 13.4 Å². The van der Waals surface area contributed by atoms with E-state index in [0.29, 0.717) is 15.6 Å². The van der Waals surface area contributed by atoms with Gasteiger partial charge in [0, 0.05) is 22.3 Å². The molecule has 0 spiro atoms. The van der Waals surface area contributed by atoms with Crippen molar-refractivity contribution in [2.24, 2.45) is 0 Å². The summed E-state index contributed by atoms with van der Waals surface area (Å²) in [5, 5.41) is 0.107. The van der Waals surface area contributed by atoms with Crippen LogP contribution in [0.4, 0.5) is 4.39 Å². The first-order valence-corrected chi connectivity index (χ1v) is 8.13. The van der Waals surface area contributed by atoms with Gasteiger partial charge < -0.3 is 0 Å². The molecule has 0 aliphatic rings. The number of nitrogens with one attached hydrogen (secondary N) is 1. The minimum atomic E-state index is -4.09. The van der Waals surface area contributed by atoms with E-state index in [2.05, 4.69) is 9.71 Å². The van der Waals surface area contributed by atoms with Crippen LogP contribution >= 0.6 is 23.2 Å². The summed E-state index contributed by atoms with van der Waals surface area (Å²) in [6, 6.07) is 6.38. The molecule has 8 heteroatoms. The van der Waals surface area contributed by atoms with Crippen LogP contribution in [0, 0.1) is 5.82 Å². The van der Waals surface area contributed by atoms with Crippen molar-refractivity contribution >= 4 is 33.2 Å². The Morgan fingerprint density at radius 1 is 1.29 bits per heavy atom. The predicted molar refractivity (Wildman–Crippen MR) is 79.4 cm³/mol. The Balaban J connectivity index is 2.30. The highest BCUT2D eigenvalue weighted by molar-refractivity contribution is 7.89. The third kappa shape index (κ3) is 3.71. The summed E-state index contributed by atoms with van der Waals surface area (Å²) in [6.07, 6.45) is 1.21. The normalized spacial score (nSPS) is 13.1. The first kappa shape index (κ1) is 16.2. The van der Waals surface area contributed by atoms with E-state index in [4.69, 9.17) is 23.2 Å². The zero-order chi connectivity index (χ0) is 15.6. The molecule has 1 unspecified atom stereocenters. The Labute approximate surface area is 132 Å². The molecule has 2 rings (SSSR count). The summed E-state index contributed by atoms with van der Waals surface area (Å²) in [7, 11) is -4.09. The van der Waals surface area contributed by atoms with Crippen molar-refractivity contribution in [1.82, 2.24) is 9.71 Å². The van der Waals surface area contributed by atoms with E-state index in [9.17, 15) is 12.8 Å². The van der Waals surface area contributed by atoms with Gasteiger partial charge in [-0.05, 0) is 36.8 Å². The molecule has 0 fully saturated rings. The third-order valence-corrected chi connectivity index (χ3v) is 4.78. The number of sulfonamides is 1. The lowest BCUT2D eigenvalue weighted by Gasteiger charge is -2.16. The number of aromatic nitrogens is 1. The second kappa shape index (κ2) is 6.27. The quantitative estimate of drug-likeness (QED) is 0.918. The van der Waals surface area contributed by atoms with Crippen LogP contribution in [0.5, 0.6) is 0 Å². The highest BCUT2D eigenvalue weighted by Crippen LogP contribution is 2.27. The molecule has 0 saturated heterocycles. The molecule has 4 nitrogen and oxygen atoms in total. The molecule has 0 aliphatic heterocycles. The maximum atomic E-state index is 13.5. The second-order valence-corrected chi connectivity index (χ2v) is 6.77. The average molecular weight is 349 g/mol. The van der Waals surface area contributed by atoms with E-state index in [1.165, 1.54) is 18.3 Å². The summed E-state index contributed by atoms with van der Waals surface area (Å²) in [5.74, 6) is -0.917. The highest BCUT2D eigenvalue weighted by atomic mass is 35.5. The van der Waals surface area contributed by atoms with Gasteiger partial charge in [0.25, 0.3) is 10.0 Å². The third-order valence-electron chi connectivity index (χ3n) is 2.74. The van der Waals surface area contributed by atoms with Gasteiger partial charge in [-0.1, -0.05) is 29.3 Å². The molecule has 112 valence electrons. The smallest absolute Gasteiger partial charge is 0.241 e. The summed E-state index contributed by atoms with van der Waals surface area (Å²) >= 11 is 11.8. The lowest BCUT2D eigenvalue weighted by molar-refractivity contribution is 0.536. The molecule has 1 aromatic carbocycles. The first-order valence-electron chi connectivity index (χ1n) is 5.89. The monoisotopic (exact) mass is 348 g/mol. The molecular weight excluding hydrogens is 338 g/mol. The van der Waals surface area contributed by atoms with Gasteiger partial charge in [-0.2, -0.15) is 0 Å². The summed E-state index contributed by atoms with van der Waals surface area (Å²) < 4.78 is 40.1. The molecule has 0 saturated carbocycles. The van der Waals surface area contributed by atoms with Gasteiger partial charge in [0.05, 0.1) is 0 Å². The van der Waals surface area contributed by atoms with Gasteiger partial charge in [0.2, 0.25) is 5.03 Å². The van der Waals surface area contributed by atoms with Gasteiger partial charge >= 0.3 is 0 Å². The minimum absolute atomic E-state index is 0.319. The van der Waals surface area contributed by atoms with Crippen LogP contribution in [-0.2, 0) is 10.0 Å². The van der Waals surface area contributed by atoms with E-state index in [0.717, 1.165) is 6.07 Å². The van der Waals surface area contributed by atoms with Crippen LogP contribution in [0.2, 0.25) is 10.0 Å². The van der Waals surface area contributed by atoms with E-state index in [-0.39, 0.29) is 0 Å². The average Bonchev–Trinajstić information content (AvgIpc) is 2.38. The fraction of sp³-hybridized carbons (Fsp3) is 0.154. The van der Waals surface area contributed by atoms with Crippen molar-refractivity contribution in [3.8, 4) is 0 Å². The van der Waals surface area contributed by atoms with E-state index in [1.807, 2.05) is 0 Å². The van der Waals surface area contributed by atoms with E-state index in [1.54, 1.807) is 19.1 Å². The highest BCUT2D eigenvalue weighted by Gasteiger charge is 2.24. The van der Waals surface area contributed by atoms with Gasteiger partial charge in [-0.15, -0.1) is 0 Å². The van der Waals surface area contributed by atoms with Gasteiger partial charge in [0.15, 0.2) is 5.82 Å². The van der Waals surface area contributed by atoms with Gasteiger partial charge in [0.1, 0.15) is 0 Å². The Hall–Kier alpha value is -1.21. The molecular formula is C13H11Cl2FN2O2S. The zero-order valence-electron chi connectivity index (χ0n) is 10.8. The predicted octanol–water partition coefficient (Wildman–Crippen LogP) is 3.57. The molecule has 1 N–H and O–H groups in total. The number of hydrogen-bond acceptors (Lipinski definition) is 3. The molecule has 0 amide bonds. The Bertz CT molecular complexity index is 769. The van der Waals surface area contributed by atoms with E-state index < -0.39 is 26.9 Å². The van der Waals surface area contributed by atoms with Crippen LogP contribution in [0.25, 0.3) is 0 Å². The standard InChI is InChI=1S/C13H11Cl2FN2O2S/c1-8(10-5-4-9(14)7-11(10)15)18-21(19,20)13-12(16)3-2-6-17-13/h2-8,18H,1H3. The molecule has 1 heterocycles. The minimum Gasteiger partial charge on any atom is -0.241 e. The summed E-state index contributed by atoms with van der Waals surface area (Å²) in [5.41, 5.74) is 0.529. The van der Waals surface area contributed by atoms with Crippen molar-refractivity contribution in [2.45, 2.75) is 18.0 Å². The van der Waals surface area contributed by atoms with Gasteiger partial charge in [-0.3, -0.25) is 0 Å². The SMILES string of the molecule is CC(NS(=O)(=O)c1ncccc1F)c1ccc(Cl)cc1Cl. The van der Waals surface area contributed by atoms with Crippen molar-refractivity contribution in [3.63, 3.8) is 0 Å². The van der Waals surface area contributed by atoms with Gasteiger partial charge in [-0.25, -0.2) is 22.5 Å². The topological polar surface area (TPSA) is 59.1 Å². The zero-order valence-corrected chi connectivity index (χ0v) is 13.2.